The van der Waals surface area contributed by atoms with Crippen LogP contribution in [-0.2, 0) is 14.8 Å². The van der Waals surface area contributed by atoms with Crippen molar-refractivity contribution in [3.8, 4) is 0 Å². The molecule has 1 aliphatic rings. The average Bonchev–Trinajstić information content (AvgIpc) is 2.91. The molecular formula is C14H22N4O3S. The molecule has 7 nitrogen and oxygen atoms in total. The van der Waals surface area contributed by atoms with Crippen LogP contribution in [0.15, 0.2) is 29.4 Å². The van der Waals surface area contributed by atoms with Gasteiger partial charge in [-0.2, -0.15) is 4.31 Å². The van der Waals surface area contributed by atoms with Crippen molar-refractivity contribution < 1.29 is 13.2 Å². The lowest BCUT2D eigenvalue weighted by Crippen LogP contribution is -2.41. The van der Waals surface area contributed by atoms with Crippen LogP contribution in [0.3, 0.4) is 0 Å². The Kier molecular flexibility index (Phi) is 4.84. The Bertz CT molecular complexity index is 635. The molecule has 1 atom stereocenters. The number of nitrogens with two attached hydrogens (primary N) is 1. The fourth-order valence-electron chi connectivity index (χ4n) is 2.46. The molecule has 0 saturated carbocycles. The molecule has 1 fully saturated rings. The highest BCUT2D eigenvalue weighted by Gasteiger charge is 2.36. The summed E-state index contributed by atoms with van der Waals surface area (Å²) in [5, 5.41) is 0. The maximum atomic E-state index is 12.4. The topological polar surface area (TPSA) is 96.6 Å². The van der Waals surface area contributed by atoms with Crippen molar-refractivity contribution >= 4 is 15.9 Å². The molecule has 22 heavy (non-hydrogen) atoms. The van der Waals surface area contributed by atoms with Crippen LogP contribution < -0.4 is 5.73 Å². The summed E-state index contributed by atoms with van der Waals surface area (Å²) in [5.41, 5.74) is 5.65. The molecule has 2 N–H and O–H groups in total. The number of pyridine rings is 1. The van der Waals surface area contributed by atoms with Gasteiger partial charge in [0.1, 0.15) is 4.90 Å². The second-order valence-corrected chi connectivity index (χ2v) is 8.07. The Morgan fingerprint density at radius 2 is 2.27 bits per heavy atom. The third-order valence-electron chi connectivity index (χ3n) is 4.10. The number of nitrogens with zero attached hydrogens (tertiary/aromatic N) is 3. The zero-order chi connectivity index (χ0) is 16.4. The molecule has 0 aliphatic carbocycles. The zero-order valence-corrected chi connectivity index (χ0v) is 13.7. The zero-order valence-electron chi connectivity index (χ0n) is 12.9. The van der Waals surface area contributed by atoms with Crippen molar-refractivity contribution in [2.24, 2.45) is 11.1 Å². The van der Waals surface area contributed by atoms with Gasteiger partial charge in [0.25, 0.3) is 0 Å². The van der Waals surface area contributed by atoms with Gasteiger partial charge in [-0.3, -0.25) is 9.78 Å². The molecule has 2 heterocycles. The van der Waals surface area contributed by atoms with Gasteiger partial charge >= 0.3 is 0 Å². The van der Waals surface area contributed by atoms with Gasteiger partial charge in [-0.1, -0.05) is 6.92 Å². The molecule has 0 aromatic carbocycles. The van der Waals surface area contributed by atoms with Gasteiger partial charge in [0, 0.05) is 32.5 Å². The van der Waals surface area contributed by atoms with Crippen molar-refractivity contribution in [3.05, 3.63) is 24.5 Å². The standard InChI is InChI=1S/C14H22N4O3S/c1-14(10-15)5-7-18(11-14)13(19)9-17(2)22(20,21)12-4-3-6-16-8-12/h3-4,6,8H,5,7,9-11,15H2,1-2H3. The fraction of sp³-hybridized carbons (Fsp3) is 0.571. The molecule has 0 spiro atoms. The molecular weight excluding hydrogens is 304 g/mol. The van der Waals surface area contributed by atoms with Gasteiger partial charge in [0.2, 0.25) is 15.9 Å². The monoisotopic (exact) mass is 326 g/mol. The largest absolute Gasteiger partial charge is 0.341 e. The Morgan fingerprint density at radius 3 is 2.82 bits per heavy atom. The number of aromatic nitrogens is 1. The van der Waals surface area contributed by atoms with Gasteiger partial charge in [-0.05, 0) is 30.5 Å². The lowest BCUT2D eigenvalue weighted by molar-refractivity contribution is -0.130. The molecule has 1 aromatic heterocycles. The van der Waals surface area contributed by atoms with E-state index in [9.17, 15) is 13.2 Å². The summed E-state index contributed by atoms with van der Waals surface area (Å²) in [6, 6.07) is 3.01. The highest BCUT2D eigenvalue weighted by atomic mass is 32.2. The minimum absolute atomic E-state index is 0.0730. The summed E-state index contributed by atoms with van der Waals surface area (Å²) in [7, 11) is -2.30. The highest BCUT2D eigenvalue weighted by molar-refractivity contribution is 7.89. The normalized spacial score (nSPS) is 22.3. The first kappa shape index (κ1) is 16.9. The van der Waals surface area contributed by atoms with E-state index in [1.807, 2.05) is 6.92 Å². The first-order chi connectivity index (χ1) is 10.3. The summed E-state index contributed by atoms with van der Waals surface area (Å²) in [5.74, 6) is -0.202. The van der Waals surface area contributed by atoms with Crippen molar-refractivity contribution in [2.75, 3.05) is 33.2 Å². The van der Waals surface area contributed by atoms with Crippen LogP contribution in [0.4, 0.5) is 0 Å². The maximum Gasteiger partial charge on any atom is 0.244 e. The number of rotatable bonds is 5. The molecule has 1 amide bonds. The second-order valence-electron chi connectivity index (χ2n) is 6.03. The minimum atomic E-state index is -3.70. The lowest BCUT2D eigenvalue weighted by Gasteiger charge is -2.24. The van der Waals surface area contributed by atoms with Gasteiger partial charge in [0.05, 0.1) is 6.54 Å². The van der Waals surface area contributed by atoms with E-state index in [2.05, 4.69) is 4.98 Å². The second kappa shape index (κ2) is 6.31. The molecule has 8 heteroatoms. The van der Waals surface area contributed by atoms with Crippen LogP contribution in [0.5, 0.6) is 0 Å². The highest BCUT2D eigenvalue weighted by Crippen LogP contribution is 2.28. The molecule has 0 bridgehead atoms. The molecule has 0 radical (unpaired) electrons. The van der Waals surface area contributed by atoms with Crippen LogP contribution >= 0.6 is 0 Å². The average molecular weight is 326 g/mol. The van der Waals surface area contributed by atoms with Gasteiger partial charge in [0.15, 0.2) is 0 Å². The van der Waals surface area contributed by atoms with Crippen LogP contribution in [0.25, 0.3) is 0 Å². The Balaban J connectivity index is 2.03. The fourth-order valence-corrected chi connectivity index (χ4v) is 3.54. The van der Waals surface area contributed by atoms with Crippen LogP contribution in [-0.4, -0.2) is 61.7 Å². The number of carbonyl (C=O) groups excluding carboxylic acids is 1. The number of hydrogen-bond donors (Lipinski definition) is 1. The molecule has 1 saturated heterocycles. The van der Waals surface area contributed by atoms with Crippen molar-refractivity contribution in [1.82, 2.24) is 14.2 Å². The van der Waals surface area contributed by atoms with E-state index in [1.54, 1.807) is 11.0 Å². The minimum Gasteiger partial charge on any atom is -0.341 e. The Labute approximate surface area is 131 Å². The molecule has 2 rings (SSSR count). The number of likely N-dealkylation sites (tertiary alicyclic amines) is 1. The van der Waals surface area contributed by atoms with Crippen molar-refractivity contribution in [2.45, 2.75) is 18.2 Å². The summed E-state index contributed by atoms with van der Waals surface area (Å²) in [6.07, 6.45) is 3.62. The number of carbonyl (C=O) groups is 1. The number of sulfonamides is 1. The van der Waals surface area contributed by atoms with E-state index in [0.29, 0.717) is 19.6 Å². The summed E-state index contributed by atoms with van der Waals surface area (Å²) in [6.45, 7) is 3.56. The van der Waals surface area contributed by atoms with Crippen LogP contribution in [0.2, 0.25) is 0 Å². The third kappa shape index (κ3) is 3.45. The number of likely N-dealkylation sites (N-methyl/N-ethyl adjacent to an activating group) is 1. The van der Waals surface area contributed by atoms with E-state index >= 15 is 0 Å². The summed E-state index contributed by atoms with van der Waals surface area (Å²) < 4.78 is 25.8. The van der Waals surface area contributed by atoms with Crippen LogP contribution in [0.1, 0.15) is 13.3 Å². The van der Waals surface area contributed by atoms with Crippen LogP contribution in [0, 0.1) is 5.41 Å². The number of hydrogen-bond acceptors (Lipinski definition) is 5. The third-order valence-corrected chi connectivity index (χ3v) is 5.89. The Morgan fingerprint density at radius 1 is 1.55 bits per heavy atom. The quantitative estimate of drug-likeness (QED) is 0.815. The van der Waals surface area contributed by atoms with Gasteiger partial charge in [-0.25, -0.2) is 8.42 Å². The smallest absolute Gasteiger partial charge is 0.244 e. The molecule has 1 unspecified atom stereocenters. The van der Waals surface area contributed by atoms with E-state index in [1.165, 1.54) is 25.5 Å². The van der Waals surface area contributed by atoms with E-state index in [-0.39, 0.29) is 22.8 Å². The van der Waals surface area contributed by atoms with Gasteiger partial charge < -0.3 is 10.6 Å². The molecule has 122 valence electrons. The number of amides is 1. The SMILES string of the molecule is CN(CC(=O)N1CCC(C)(CN)C1)S(=O)(=O)c1cccnc1. The molecule has 1 aromatic rings. The summed E-state index contributed by atoms with van der Waals surface area (Å²) >= 11 is 0. The van der Waals surface area contributed by atoms with E-state index < -0.39 is 10.0 Å². The maximum absolute atomic E-state index is 12.4. The summed E-state index contributed by atoms with van der Waals surface area (Å²) in [4.78, 5) is 17.9. The first-order valence-electron chi connectivity index (χ1n) is 7.13. The van der Waals surface area contributed by atoms with Crippen molar-refractivity contribution in [1.29, 1.82) is 0 Å². The van der Waals surface area contributed by atoms with E-state index in [0.717, 1.165) is 10.7 Å². The Hall–Kier alpha value is -1.51. The van der Waals surface area contributed by atoms with E-state index in [4.69, 9.17) is 5.73 Å². The predicted molar refractivity (Wildman–Crippen MR) is 82.4 cm³/mol. The molecule has 1 aliphatic heterocycles. The predicted octanol–water partition coefficient (Wildman–Crippen LogP) is -0.101. The van der Waals surface area contributed by atoms with Gasteiger partial charge in [-0.15, -0.1) is 0 Å². The lowest BCUT2D eigenvalue weighted by atomic mass is 9.90. The van der Waals surface area contributed by atoms with Crippen molar-refractivity contribution in [3.63, 3.8) is 0 Å². The first-order valence-corrected chi connectivity index (χ1v) is 8.57.